The van der Waals surface area contributed by atoms with E-state index >= 15 is 0 Å². The minimum absolute atomic E-state index is 0.0355. The molecule has 0 aliphatic carbocycles. The highest BCUT2D eigenvalue weighted by Crippen LogP contribution is 2.17. The lowest BCUT2D eigenvalue weighted by molar-refractivity contribution is -0.151. The maximum absolute atomic E-state index is 13.3. The average molecular weight is 963 g/mol. The number of carbonyl (C=O) groups excluding carboxylic acids is 2. The molecular formula is C63H111NO5. The lowest BCUT2D eigenvalue weighted by atomic mass is 10.0. The molecule has 3 unspecified atom stereocenters. The molecule has 0 aliphatic rings. The standard InChI is InChI=1S/C63H111NO5/c1-4-7-10-13-16-19-22-25-28-30-31-32-35-38-41-44-47-50-53-56-63(68)69-59(54-51-48-45-42-39-36-33-27-24-21-18-15-12-9-6-3)57-62(67)64-60(58-65)61(66)55-52-49-46-43-40-37-34-29-26-23-20-17-14-11-8-5-2/h16,18-19,21,25,27-28,31-33,38-39,41-42,59-61,65-66H,4-15,17,20,22-24,26,29-30,34-37,40,43-58H2,1-3H3,(H,64,67)/b19-16-,21-18-,28-25-,32-31-,33-27-,41-38-,42-39-. The molecule has 6 nitrogen and oxygen atoms in total. The van der Waals surface area contributed by atoms with Crippen LogP contribution in [0.4, 0.5) is 0 Å². The van der Waals surface area contributed by atoms with Gasteiger partial charge in [0.1, 0.15) is 6.10 Å². The molecular weight excluding hydrogens is 851 g/mol. The number of allylic oxidation sites excluding steroid dienone is 14. The number of hydrogen-bond donors (Lipinski definition) is 3. The van der Waals surface area contributed by atoms with E-state index in [9.17, 15) is 19.8 Å². The smallest absolute Gasteiger partial charge is 0.306 e. The van der Waals surface area contributed by atoms with Crippen LogP contribution in [0.2, 0.25) is 0 Å². The van der Waals surface area contributed by atoms with E-state index in [0.29, 0.717) is 19.3 Å². The third kappa shape index (κ3) is 51.2. The van der Waals surface area contributed by atoms with Crippen LogP contribution in [-0.2, 0) is 14.3 Å². The van der Waals surface area contributed by atoms with Gasteiger partial charge in [0.2, 0.25) is 5.91 Å². The second-order valence-corrected chi connectivity index (χ2v) is 19.7. The van der Waals surface area contributed by atoms with Crippen molar-refractivity contribution in [1.29, 1.82) is 0 Å². The normalized spacial score (nSPS) is 13.8. The van der Waals surface area contributed by atoms with E-state index in [-0.39, 0.29) is 24.9 Å². The van der Waals surface area contributed by atoms with E-state index in [4.69, 9.17) is 4.74 Å². The molecule has 0 heterocycles. The predicted molar refractivity (Wildman–Crippen MR) is 301 cm³/mol. The zero-order valence-electron chi connectivity index (χ0n) is 45.4. The zero-order valence-corrected chi connectivity index (χ0v) is 45.4. The summed E-state index contributed by atoms with van der Waals surface area (Å²) in [4.78, 5) is 26.3. The van der Waals surface area contributed by atoms with Crippen molar-refractivity contribution in [2.75, 3.05) is 6.61 Å². The maximum Gasteiger partial charge on any atom is 0.306 e. The van der Waals surface area contributed by atoms with Crippen molar-refractivity contribution in [3.8, 4) is 0 Å². The summed E-state index contributed by atoms with van der Waals surface area (Å²) in [6.45, 7) is 6.43. The second kappa shape index (κ2) is 56.0. The Hall–Kier alpha value is -2.96. The summed E-state index contributed by atoms with van der Waals surface area (Å²) in [5.74, 6) is -0.547. The van der Waals surface area contributed by atoms with Crippen molar-refractivity contribution in [3.63, 3.8) is 0 Å². The van der Waals surface area contributed by atoms with Gasteiger partial charge in [0.25, 0.3) is 0 Å². The molecule has 1 amide bonds. The number of unbranched alkanes of at least 4 members (excludes halogenated alkanes) is 26. The Kier molecular flexibility index (Phi) is 53.6. The van der Waals surface area contributed by atoms with Gasteiger partial charge in [-0.1, -0.05) is 241 Å². The van der Waals surface area contributed by atoms with Gasteiger partial charge in [-0.05, 0) is 109 Å². The summed E-state index contributed by atoms with van der Waals surface area (Å²) in [6.07, 6.45) is 73.6. The quantitative estimate of drug-likeness (QED) is 0.0321. The van der Waals surface area contributed by atoms with Crippen molar-refractivity contribution in [3.05, 3.63) is 85.1 Å². The van der Waals surface area contributed by atoms with Gasteiger partial charge >= 0.3 is 5.97 Å². The minimum Gasteiger partial charge on any atom is -0.462 e. The number of aliphatic hydroxyl groups is 2. The SMILES string of the molecule is CCCCC/C=C\C/C=C\C/C=C\C/C=C\CCCCCC(=O)OC(CCCC/C=C\C/C=C\C/C=C\CCCCC)CC(=O)NC(CO)C(O)CCCCCCCCCCCCCCCCCC. The first-order valence-corrected chi connectivity index (χ1v) is 29.3. The van der Waals surface area contributed by atoms with Gasteiger partial charge in [0.05, 0.1) is 25.2 Å². The van der Waals surface area contributed by atoms with Crippen molar-refractivity contribution < 1.29 is 24.5 Å². The van der Waals surface area contributed by atoms with E-state index in [1.54, 1.807) is 0 Å². The first-order chi connectivity index (χ1) is 34.0. The molecule has 0 fully saturated rings. The number of esters is 1. The van der Waals surface area contributed by atoms with Crippen LogP contribution < -0.4 is 5.32 Å². The molecule has 6 heteroatoms. The van der Waals surface area contributed by atoms with E-state index < -0.39 is 18.2 Å². The van der Waals surface area contributed by atoms with Crippen LogP contribution >= 0.6 is 0 Å². The Balaban J connectivity index is 4.67. The predicted octanol–water partition coefficient (Wildman–Crippen LogP) is 18.3. The van der Waals surface area contributed by atoms with Crippen molar-refractivity contribution in [1.82, 2.24) is 5.32 Å². The van der Waals surface area contributed by atoms with E-state index in [1.165, 1.54) is 135 Å². The van der Waals surface area contributed by atoms with Gasteiger partial charge < -0.3 is 20.3 Å². The lowest BCUT2D eigenvalue weighted by Crippen LogP contribution is -2.46. The van der Waals surface area contributed by atoms with Crippen LogP contribution in [0, 0.1) is 0 Å². The molecule has 398 valence electrons. The number of ether oxygens (including phenoxy) is 1. The van der Waals surface area contributed by atoms with Gasteiger partial charge in [0.15, 0.2) is 0 Å². The summed E-state index contributed by atoms with van der Waals surface area (Å²) in [6, 6.07) is -0.726. The number of rotatable bonds is 52. The summed E-state index contributed by atoms with van der Waals surface area (Å²) in [7, 11) is 0. The molecule has 0 saturated heterocycles. The summed E-state index contributed by atoms with van der Waals surface area (Å²) >= 11 is 0. The summed E-state index contributed by atoms with van der Waals surface area (Å²) in [5.41, 5.74) is 0. The maximum atomic E-state index is 13.3. The highest BCUT2D eigenvalue weighted by Gasteiger charge is 2.24. The molecule has 0 aromatic heterocycles. The minimum atomic E-state index is -0.809. The monoisotopic (exact) mass is 962 g/mol. The number of nitrogens with one attached hydrogen (secondary N) is 1. The van der Waals surface area contributed by atoms with Crippen LogP contribution in [0.1, 0.15) is 278 Å². The van der Waals surface area contributed by atoms with Crippen LogP contribution in [0.5, 0.6) is 0 Å². The molecule has 69 heavy (non-hydrogen) atoms. The van der Waals surface area contributed by atoms with E-state index in [2.05, 4.69) is 111 Å². The largest absolute Gasteiger partial charge is 0.462 e. The molecule has 0 saturated carbocycles. The third-order valence-electron chi connectivity index (χ3n) is 12.9. The molecule has 0 radical (unpaired) electrons. The first-order valence-electron chi connectivity index (χ1n) is 29.3. The molecule has 3 atom stereocenters. The Morgan fingerprint density at radius 3 is 1.14 bits per heavy atom. The summed E-state index contributed by atoms with van der Waals surface area (Å²) in [5, 5.41) is 23.9. The highest BCUT2D eigenvalue weighted by atomic mass is 16.5. The Labute approximate surface area is 427 Å². The molecule has 0 aromatic carbocycles. The topological polar surface area (TPSA) is 95.9 Å². The van der Waals surface area contributed by atoms with Crippen LogP contribution in [0.25, 0.3) is 0 Å². The Morgan fingerprint density at radius 2 is 0.739 bits per heavy atom. The zero-order chi connectivity index (χ0) is 50.2. The number of amides is 1. The van der Waals surface area contributed by atoms with Gasteiger partial charge in [-0.15, -0.1) is 0 Å². The third-order valence-corrected chi connectivity index (χ3v) is 12.9. The fourth-order valence-corrected chi connectivity index (χ4v) is 8.48. The fraction of sp³-hybridized carbons (Fsp3) is 0.746. The van der Waals surface area contributed by atoms with Crippen molar-refractivity contribution in [2.45, 2.75) is 296 Å². The first kappa shape index (κ1) is 66.0. The number of aliphatic hydroxyl groups excluding tert-OH is 2. The van der Waals surface area contributed by atoms with Crippen molar-refractivity contribution in [2.24, 2.45) is 0 Å². The van der Waals surface area contributed by atoms with Crippen LogP contribution in [0.3, 0.4) is 0 Å². The van der Waals surface area contributed by atoms with Gasteiger partial charge in [-0.25, -0.2) is 0 Å². The highest BCUT2D eigenvalue weighted by molar-refractivity contribution is 5.77. The van der Waals surface area contributed by atoms with Gasteiger partial charge in [0, 0.05) is 6.42 Å². The number of carbonyl (C=O) groups is 2. The molecule has 3 N–H and O–H groups in total. The Morgan fingerprint density at radius 1 is 0.420 bits per heavy atom. The van der Waals surface area contributed by atoms with Crippen LogP contribution in [-0.4, -0.2) is 46.9 Å². The second-order valence-electron chi connectivity index (χ2n) is 19.7. The van der Waals surface area contributed by atoms with Gasteiger partial charge in [-0.3, -0.25) is 9.59 Å². The van der Waals surface area contributed by atoms with Crippen molar-refractivity contribution >= 4 is 11.9 Å². The lowest BCUT2D eigenvalue weighted by Gasteiger charge is -2.24. The summed E-state index contributed by atoms with van der Waals surface area (Å²) < 4.78 is 5.93. The van der Waals surface area contributed by atoms with E-state index in [1.807, 2.05) is 0 Å². The van der Waals surface area contributed by atoms with Crippen LogP contribution in [0.15, 0.2) is 85.1 Å². The molecule has 0 bridgehead atoms. The molecule has 0 rings (SSSR count). The van der Waals surface area contributed by atoms with Gasteiger partial charge in [-0.2, -0.15) is 0 Å². The Bertz CT molecular complexity index is 1310. The number of hydrogen-bond acceptors (Lipinski definition) is 5. The molecule has 0 spiro atoms. The fourth-order valence-electron chi connectivity index (χ4n) is 8.48. The molecule has 0 aliphatic heterocycles. The molecule has 0 aromatic rings. The van der Waals surface area contributed by atoms with E-state index in [0.717, 1.165) is 96.3 Å². The average Bonchev–Trinajstić information content (AvgIpc) is 3.34.